The minimum absolute atomic E-state index is 0.0391. The van der Waals surface area contributed by atoms with Crippen LogP contribution in [-0.2, 0) is 20.9 Å². The van der Waals surface area contributed by atoms with E-state index >= 15 is 0 Å². The fourth-order valence-corrected chi connectivity index (χ4v) is 10.4. The SMILES string of the molecule is C#Cc1ccc(CNC(=O)[C@@H]2C[C@@H](O)CN2C(=O)[C@@H](NC(=O)CCCN2CCC(N3CCC(N4CCN5c6cc(-c7ccccc7O)nnc6NC[C@H]5C4)CC3)CC2)C(C)(C)C)cc1. The number of amides is 3. The highest BCUT2D eigenvalue weighted by Gasteiger charge is 2.45. The van der Waals surface area contributed by atoms with Crippen LogP contribution in [-0.4, -0.2) is 159 Å². The van der Waals surface area contributed by atoms with Gasteiger partial charge < -0.3 is 45.8 Å². The highest BCUT2D eigenvalue weighted by Crippen LogP contribution is 2.37. The number of aromatic hydroxyl groups is 1. The quantitative estimate of drug-likeness (QED) is 0.169. The number of likely N-dealkylation sites (tertiary alicyclic amines) is 3. The van der Waals surface area contributed by atoms with Gasteiger partial charge in [-0.15, -0.1) is 16.6 Å². The molecule has 0 aliphatic carbocycles. The van der Waals surface area contributed by atoms with Crippen molar-refractivity contribution in [3.8, 4) is 29.4 Å². The van der Waals surface area contributed by atoms with Gasteiger partial charge in [0.2, 0.25) is 17.7 Å². The number of β-amino-alcohol motifs (C(OH)–C–C–N with tert-alkyl or cyclic N) is 1. The largest absolute Gasteiger partial charge is 0.507 e. The van der Waals surface area contributed by atoms with Gasteiger partial charge in [0.15, 0.2) is 5.82 Å². The molecule has 3 amide bonds. The Morgan fingerprint density at radius 3 is 2.34 bits per heavy atom. The Balaban J connectivity index is 0.746. The maximum Gasteiger partial charge on any atom is 0.246 e. The molecule has 4 fully saturated rings. The molecule has 5 aliphatic heterocycles. The number of phenols is 1. The van der Waals surface area contributed by atoms with Crippen molar-refractivity contribution < 1.29 is 24.6 Å². The van der Waals surface area contributed by atoms with Gasteiger partial charge in [-0.3, -0.25) is 19.3 Å². The monoisotopic (exact) mass is 875 g/mol. The number of anilines is 2. The highest BCUT2D eigenvalue weighted by molar-refractivity contribution is 5.93. The Morgan fingerprint density at radius 1 is 0.906 bits per heavy atom. The molecule has 1 aromatic heterocycles. The second-order valence-electron chi connectivity index (χ2n) is 19.5. The summed E-state index contributed by atoms with van der Waals surface area (Å²) in [6, 6.07) is 16.5. The van der Waals surface area contributed by atoms with E-state index in [2.05, 4.69) is 57.7 Å². The van der Waals surface area contributed by atoms with E-state index in [1.807, 2.05) is 63.2 Å². The zero-order chi connectivity index (χ0) is 45.0. The van der Waals surface area contributed by atoms with Gasteiger partial charge in [-0.25, -0.2) is 0 Å². The van der Waals surface area contributed by atoms with Gasteiger partial charge in [0, 0.05) is 75.3 Å². The number of aliphatic hydroxyl groups excluding tert-OH is 1. The number of aliphatic hydroxyl groups is 1. The number of terminal acetylenes is 1. The Morgan fingerprint density at radius 2 is 1.62 bits per heavy atom. The van der Waals surface area contributed by atoms with Crippen LogP contribution in [0.25, 0.3) is 11.3 Å². The molecule has 4 saturated heterocycles. The number of piperazine rings is 1. The van der Waals surface area contributed by atoms with Crippen molar-refractivity contribution in [2.24, 2.45) is 5.41 Å². The third-order valence-electron chi connectivity index (χ3n) is 14.1. The third kappa shape index (κ3) is 10.5. The van der Waals surface area contributed by atoms with Gasteiger partial charge in [0.05, 0.1) is 23.5 Å². The lowest BCUT2D eigenvalue weighted by Crippen LogP contribution is -2.61. The van der Waals surface area contributed by atoms with Gasteiger partial charge in [0.1, 0.15) is 17.8 Å². The molecule has 0 bridgehead atoms. The molecule has 342 valence electrons. The molecule has 3 aromatic rings. The third-order valence-corrected chi connectivity index (χ3v) is 14.1. The van der Waals surface area contributed by atoms with Crippen LogP contribution < -0.4 is 20.9 Å². The topological polar surface area (TPSA) is 170 Å². The Kier molecular flexibility index (Phi) is 14.1. The first-order chi connectivity index (χ1) is 30.8. The van der Waals surface area contributed by atoms with Crippen LogP contribution >= 0.6 is 0 Å². The van der Waals surface area contributed by atoms with Gasteiger partial charge in [-0.1, -0.05) is 51.0 Å². The molecule has 5 N–H and O–H groups in total. The molecule has 0 saturated carbocycles. The summed E-state index contributed by atoms with van der Waals surface area (Å²) in [5.74, 6) is 2.73. The number of hydrogen-bond acceptors (Lipinski definition) is 12. The van der Waals surface area contributed by atoms with E-state index in [-0.39, 0.29) is 43.0 Å². The fraction of sp³-hybridized carbons (Fsp3) is 0.571. The molecule has 15 nitrogen and oxygen atoms in total. The Bertz CT molecular complexity index is 2160. The van der Waals surface area contributed by atoms with Crippen LogP contribution in [0.4, 0.5) is 11.5 Å². The number of hydrogen-bond donors (Lipinski definition) is 5. The first kappa shape index (κ1) is 45.3. The maximum absolute atomic E-state index is 14.0. The number of benzene rings is 2. The number of fused-ring (bicyclic) bond motifs is 3. The van der Waals surface area contributed by atoms with Crippen molar-refractivity contribution in [1.29, 1.82) is 0 Å². The first-order valence-corrected chi connectivity index (χ1v) is 23.3. The van der Waals surface area contributed by atoms with Crippen LogP contribution in [0.1, 0.15) is 76.8 Å². The molecular weight excluding hydrogens is 809 g/mol. The summed E-state index contributed by atoms with van der Waals surface area (Å²) in [5.41, 5.74) is 3.45. The van der Waals surface area contributed by atoms with E-state index in [9.17, 15) is 24.6 Å². The van der Waals surface area contributed by atoms with Gasteiger partial charge >= 0.3 is 0 Å². The average Bonchev–Trinajstić information content (AvgIpc) is 3.71. The molecule has 0 radical (unpaired) electrons. The normalized spacial score (nSPS) is 23.1. The molecule has 5 aliphatic rings. The van der Waals surface area contributed by atoms with Crippen molar-refractivity contribution >= 4 is 29.2 Å². The van der Waals surface area contributed by atoms with E-state index in [4.69, 9.17) is 6.42 Å². The minimum Gasteiger partial charge on any atom is -0.507 e. The molecule has 8 rings (SSSR count). The summed E-state index contributed by atoms with van der Waals surface area (Å²) in [4.78, 5) is 52.5. The number of carbonyl (C=O) groups excluding carboxylic acids is 3. The standard InChI is InChI=1S/C49H66N10O5/c1-5-33-12-14-34(15-13-33)29-51-47(63)42-27-38(60)32-59(42)48(64)45(49(2,3)4)52-44(62)11-8-20-55-21-16-35(17-22-55)56-23-18-36(19-24-56)57-25-26-58-37(31-57)30-50-46-41(58)28-40(53-54-46)39-9-6-7-10-43(39)61/h1,6-7,9-10,12-15,28,35-38,42,45,60-61H,8,11,16-27,29-32H2,2-4H3,(H,50,54)(H,51,63)(H,52,62)/t37-,38+,42-,45+/m0/s1. The summed E-state index contributed by atoms with van der Waals surface area (Å²) in [5, 5.41) is 39.3. The van der Waals surface area contributed by atoms with E-state index in [1.165, 1.54) is 17.7 Å². The molecule has 2 aromatic carbocycles. The maximum atomic E-state index is 14.0. The number of nitrogens with one attached hydrogen (secondary N) is 3. The van der Waals surface area contributed by atoms with Crippen molar-refractivity contribution in [2.75, 3.05) is 75.7 Å². The predicted octanol–water partition coefficient (Wildman–Crippen LogP) is 3.26. The van der Waals surface area contributed by atoms with Gasteiger partial charge in [0.25, 0.3) is 0 Å². The summed E-state index contributed by atoms with van der Waals surface area (Å²) >= 11 is 0. The van der Waals surface area contributed by atoms with Crippen LogP contribution in [0.15, 0.2) is 54.6 Å². The van der Waals surface area contributed by atoms with Crippen molar-refractivity contribution in [3.05, 3.63) is 65.7 Å². The molecule has 4 atom stereocenters. The average molecular weight is 875 g/mol. The zero-order valence-electron chi connectivity index (χ0n) is 37.7. The molecule has 0 spiro atoms. The van der Waals surface area contributed by atoms with E-state index < -0.39 is 23.6 Å². The molecule has 64 heavy (non-hydrogen) atoms. The number of nitrogens with zero attached hydrogens (tertiary/aromatic N) is 7. The summed E-state index contributed by atoms with van der Waals surface area (Å²) in [6.07, 6.45) is 10.4. The number of piperidine rings is 2. The highest BCUT2D eigenvalue weighted by atomic mass is 16.3. The zero-order valence-corrected chi connectivity index (χ0v) is 37.7. The fourth-order valence-electron chi connectivity index (χ4n) is 10.4. The summed E-state index contributed by atoms with van der Waals surface area (Å²) < 4.78 is 0. The smallest absolute Gasteiger partial charge is 0.246 e. The Labute approximate surface area is 377 Å². The van der Waals surface area contributed by atoms with E-state index in [1.54, 1.807) is 6.07 Å². The van der Waals surface area contributed by atoms with Gasteiger partial charge in [-0.05, 0) is 106 Å². The molecule has 6 heterocycles. The lowest BCUT2D eigenvalue weighted by molar-refractivity contribution is -0.144. The number of phenolic OH excluding ortho intramolecular Hbond substituents is 1. The first-order valence-electron chi connectivity index (χ1n) is 23.3. The van der Waals surface area contributed by atoms with E-state index in [0.717, 1.165) is 94.4 Å². The number of aromatic nitrogens is 2. The van der Waals surface area contributed by atoms with Crippen molar-refractivity contribution in [2.45, 2.75) is 109 Å². The predicted molar refractivity (Wildman–Crippen MR) is 247 cm³/mol. The second kappa shape index (κ2) is 19.9. The van der Waals surface area contributed by atoms with E-state index in [0.29, 0.717) is 42.2 Å². The van der Waals surface area contributed by atoms with Crippen molar-refractivity contribution in [3.63, 3.8) is 0 Å². The number of para-hydroxylation sites is 1. The second-order valence-corrected chi connectivity index (χ2v) is 19.5. The lowest BCUT2D eigenvalue weighted by atomic mass is 9.85. The van der Waals surface area contributed by atoms with Crippen LogP contribution in [0.3, 0.4) is 0 Å². The number of carbonyl (C=O) groups is 3. The van der Waals surface area contributed by atoms with Crippen molar-refractivity contribution in [1.82, 2.24) is 40.4 Å². The molecule has 15 heteroatoms. The molecule has 0 unspecified atom stereocenters. The number of rotatable bonds is 12. The van der Waals surface area contributed by atoms with Crippen LogP contribution in [0, 0.1) is 17.8 Å². The minimum atomic E-state index is -0.843. The lowest BCUT2D eigenvalue weighted by Gasteiger charge is -2.50. The van der Waals surface area contributed by atoms with Gasteiger partial charge in [-0.2, -0.15) is 0 Å². The van der Waals surface area contributed by atoms with Crippen LogP contribution in [0.5, 0.6) is 5.75 Å². The van der Waals surface area contributed by atoms with Crippen LogP contribution in [0.2, 0.25) is 0 Å². The summed E-state index contributed by atoms with van der Waals surface area (Å²) in [7, 11) is 0. The Hall–Kier alpha value is -5.27. The summed E-state index contributed by atoms with van der Waals surface area (Å²) in [6.45, 7) is 15.0. The molecular formula is C49H66N10O5.